The Kier molecular flexibility index (Phi) is 1.86. The molecule has 1 aromatic heterocycles. The number of hydrogen-bond donors (Lipinski definition) is 1. The normalized spacial score (nSPS) is 16.7. The molecule has 1 heterocycles. The molecule has 0 fully saturated rings. The molecule has 0 bridgehead atoms. The molecule has 0 atom stereocenters. The van der Waals surface area contributed by atoms with Gasteiger partial charge in [0.25, 0.3) is 0 Å². The molecule has 1 aliphatic rings. The number of fused-ring (bicyclic) bond motifs is 1. The van der Waals surface area contributed by atoms with Crippen molar-refractivity contribution in [2.24, 2.45) is 0 Å². The number of nitrogens with zero attached hydrogens (tertiary/aromatic N) is 1. The van der Waals surface area contributed by atoms with Gasteiger partial charge >= 0.3 is 0 Å². The van der Waals surface area contributed by atoms with Gasteiger partial charge in [-0.05, 0) is 25.7 Å². The van der Waals surface area contributed by atoms with Crippen LogP contribution in [0.15, 0.2) is 16.7 Å². The number of rotatable bonds is 0. The second kappa shape index (κ2) is 3.01. The molecule has 0 saturated heterocycles. The highest BCUT2D eigenvalue weighted by Gasteiger charge is 2.12. The predicted molar refractivity (Wildman–Crippen MR) is 46.7 cm³/mol. The summed E-state index contributed by atoms with van der Waals surface area (Å²) in [5, 5.41) is 3.92. The summed E-state index contributed by atoms with van der Waals surface area (Å²) in [7, 11) is 0. The van der Waals surface area contributed by atoms with E-state index in [-0.39, 0.29) is 0 Å². The van der Waals surface area contributed by atoms with Crippen LogP contribution in [0.5, 0.6) is 0 Å². The number of nitrogens with two attached hydrogens (primary N) is 1. The van der Waals surface area contributed by atoms with Crippen molar-refractivity contribution in [1.29, 1.82) is 0 Å². The van der Waals surface area contributed by atoms with Crippen LogP contribution in [0.3, 0.4) is 0 Å². The fraction of sp³-hybridized carbons (Fsp3) is 0.444. The maximum Gasteiger partial charge on any atom is 0.225 e. The van der Waals surface area contributed by atoms with E-state index in [1.165, 1.54) is 0 Å². The maximum atomic E-state index is 5.63. The molecule has 0 spiro atoms. The molecule has 12 heavy (non-hydrogen) atoms. The van der Waals surface area contributed by atoms with Gasteiger partial charge in [-0.25, -0.2) is 0 Å². The Bertz CT molecular complexity index is 301. The van der Waals surface area contributed by atoms with Gasteiger partial charge in [0.15, 0.2) is 0 Å². The van der Waals surface area contributed by atoms with E-state index in [0.717, 1.165) is 36.9 Å². The van der Waals surface area contributed by atoms with Crippen molar-refractivity contribution in [1.82, 2.24) is 5.16 Å². The molecule has 3 nitrogen and oxygen atoms in total. The minimum absolute atomic E-state index is 0.500. The number of anilines is 1. The molecule has 0 unspecified atom stereocenters. The lowest BCUT2D eigenvalue weighted by molar-refractivity contribution is 0.427. The van der Waals surface area contributed by atoms with Crippen LogP contribution in [0.25, 0.3) is 0 Å². The van der Waals surface area contributed by atoms with E-state index in [1.54, 1.807) is 0 Å². The van der Waals surface area contributed by atoms with Crippen LogP contribution in [0.1, 0.15) is 24.1 Å². The van der Waals surface area contributed by atoms with E-state index in [1.807, 2.05) is 0 Å². The second-order valence-electron chi connectivity index (χ2n) is 3.02. The highest BCUT2D eigenvalue weighted by Crippen LogP contribution is 2.21. The Balaban J connectivity index is 2.31. The van der Waals surface area contributed by atoms with E-state index >= 15 is 0 Å². The summed E-state index contributed by atoms with van der Waals surface area (Å²) >= 11 is 0. The average Bonchev–Trinajstić information content (AvgIpc) is 2.31. The third-order valence-corrected chi connectivity index (χ3v) is 2.18. The van der Waals surface area contributed by atoms with Gasteiger partial charge in [0, 0.05) is 5.56 Å². The van der Waals surface area contributed by atoms with Gasteiger partial charge < -0.3 is 10.3 Å². The highest BCUT2D eigenvalue weighted by molar-refractivity contribution is 5.39. The third kappa shape index (κ3) is 1.22. The first-order valence-electron chi connectivity index (χ1n) is 4.26. The molecule has 2 rings (SSSR count). The summed E-state index contributed by atoms with van der Waals surface area (Å²) in [6.07, 6.45) is 8.37. The van der Waals surface area contributed by atoms with E-state index in [2.05, 4.69) is 17.3 Å². The third-order valence-electron chi connectivity index (χ3n) is 2.18. The Hall–Kier alpha value is -1.25. The van der Waals surface area contributed by atoms with Crippen molar-refractivity contribution in [2.75, 3.05) is 5.73 Å². The van der Waals surface area contributed by atoms with Crippen LogP contribution >= 0.6 is 0 Å². The molecule has 0 aliphatic heterocycles. The lowest BCUT2D eigenvalue weighted by Gasteiger charge is -2.01. The van der Waals surface area contributed by atoms with Crippen LogP contribution in [-0.2, 0) is 12.8 Å². The fourth-order valence-corrected chi connectivity index (χ4v) is 1.50. The molecule has 0 aromatic carbocycles. The summed E-state index contributed by atoms with van der Waals surface area (Å²) in [6.45, 7) is 0. The number of aryl methyl sites for hydroxylation is 1. The van der Waals surface area contributed by atoms with Crippen LogP contribution in [0, 0.1) is 0 Å². The molecular weight excluding hydrogens is 152 g/mol. The lowest BCUT2D eigenvalue weighted by Crippen LogP contribution is -1.97. The summed E-state index contributed by atoms with van der Waals surface area (Å²) in [5.41, 5.74) is 7.78. The molecule has 3 heteroatoms. The lowest BCUT2D eigenvalue weighted by atomic mass is 10.0. The smallest absolute Gasteiger partial charge is 0.225 e. The monoisotopic (exact) mass is 164 g/mol. The maximum absolute atomic E-state index is 5.63. The van der Waals surface area contributed by atoms with Crippen molar-refractivity contribution < 1.29 is 4.52 Å². The SMILES string of the molecule is Nc1onc2c1CCC=CCC2. The van der Waals surface area contributed by atoms with Gasteiger partial charge in [-0.15, -0.1) is 0 Å². The Labute approximate surface area is 71.2 Å². The quantitative estimate of drug-likeness (QED) is 0.593. The highest BCUT2D eigenvalue weighted by atomic mass is 16.5. The zero-order valence-electron chi connectivity index (χ0n) is 6.92. The molecule has 2 N–H and O–H groups in total. The van der Waals surface area contributed by atoms with E-state index < -0.39 is 0 Å². The largest absolute Gasteiger partial charge is 0.367 e. The summed E-state index contributed by atoms with van der Waals surface area (Å²) in [6, 6.07) is 0. The molecule has 0 amide bonds. The van der Waals surface area contributed by atoms with Gasteiger partial charge in [-0.2, -0.15) is 0 Å². The fourth-order valence-electron chi connectivity index (χ4n) is 1.50. The molecular formula is C9H12N2O. The van der Waals surface area contributed by atoms with Crippen molar-refractivity contribution >= 4 is 5.88 Å². The van der Waals surface area contributed by atoms with Crippen LogP contribution in [0.2, 0.25) is 0 Å². The Morgan fingerprint density at radius 1 is 1.25 bits per heavy atom. The summed E-state index contributed by atoms with van der Waals surface area (Å²) < 4.78 is 4.93. The van der Waals surface area contributed by atoms with Crippen molar-refractivity contribution in [2.45, 2.75) is 25.7 Å². The predicted octanol–water partition coefficient (Wildman–Crippen LogP) is 1.69. The molecule has 64 valence electrons. The van der Waals surface area contributed by atoms with Gasteiger partial charge in [-0.3, -0.25) is 0 Å². The summed E-state index contributed by atoms with van der Waals surface area (Å²) in [4.78, 5) is 0. The number of allylic oxidation sites excluding steroid dienone is 2. The van der Waals surface area contributed by atoms with Crippen molar-refractivity contribution in [3.8, 4) is 0 Å². The topological polar surface area (TPSA) is 52.0 Å². The first kappa shape index (κ1) is 7.40. The van der Waals surface area contributed by atoms with E-state index in [0.29, 0.717) is 5.88 Å². The zero-order valence-corrected chi connectivity index (χ0v) is 6.92. The van der Waals surface area contributed by atoms with Crippen LogP contribution in [0.4, 0.5) is 5.88 Å². The van der Waals surface area contributed by atoms with Crippen molar-refractivity contribution in [3.63, 3.8) is 0 Å². The summed E-state index contributed by atoms with van der Waals surface area (Å²) in [5.74, 6) is 0.500. The van der Waals surface area contributed by atoms with Crippen LogP contribution < -0.4 is 5.73 Å². The number of aromatic nitrogens is 1. The van der Waals surface area contributed by atoms with Gasteiger partial charge in [0.05, 0.1) is 5.69 Å². The minimum Gasteiger partial charge on any atom is -0.367 e. The molecule has 0 saturated carbocycles. The standard InChI is InChI=1S/C9H12N2O/c10-9-7-5-3-1-2-4-6-8(7)11-12-9/h1-2H,3-6,10H2. The van der Waals surface area contributed by atoms with Crippen LogP contribution in [-0.4, -0.2) is 5.16 Å². The second-order valence-corrected chi connectivity index (χ2v) is 3.02. The Morgan fingerprint density at radius 2 is 2.00 bits per heavy atom. The average molecular weight is 164 g/mol. The zero-order chi connectivity index (χ0) is 8.39. The molecule has 1 aliphatic carbocycles. The van der Waals surface area contributed by atoms with Crippen molar-refractivity contribution in [3.05, 3.63) is 23.4 Å². The van der Waals surface area contributed by atoms with Gasteiger partial charge in [-0.1, -0.05) is 17.3 Å². The van der Waals surface area contributed by atoms with Gasteiger partial charge in [0.1, 0.15) is 0 Å². The minimum atomic E-state index is 0.500. The first-order chi connectivity index (χ1) is 5.88. The number of nitrogen functional groups attached to an aromatic ring is 1. The molecule has 0 radical (unpaired) electrons. The number of hydrogen-bond acceptors (Lipinski definition) is 3. The van der Waals surface area contributed by atoms with Gasteiger partial charge in [0.2, 0.25) is 5.88 Å². The first-order valence-corrected chi connectivity index (χ1v) is 4.26. The van der Waals surface area contributed by atoms with E-state index in [4.69, 9.17) is 10.3 Å². The Morgan fingerprint density at radius 3 is 2.83 bits per heavy atom. The molecule has 1 aromatic rings. The van der Waals surface area contributed by atoms with E-state index in [9.17, 15) is 0 Å².